The van der Waals surface area contributed by atoms with Gasteiger partial charge in [0, 0.05) is 10.9 Å². The molecule has 4 rings (SSSR count). The van der Waals surface area contributed by atoms with Crippen LogP contribution >= 0.6 is 0 Å². The van der Waals surface area contributed by atoms with Gasteiger partial charge in [0.2, 0.25) is 0 Å². The third kappa shape index (κ3) is 4.75. The Balaban J connectivity index is 1.55. The lowest BCUT2D eigenvalue weighted by molar-refractivity contribution is 0.104. The van der Waals surface area contributed by atoms with Crippen molar-refractivity contribution in [3.8, 4) is 17.2 Å². The zero-order chi connectivity index (χ0) is 23.4. The number of methoxy groups -OCH3 is 1. The highest BCUT2D eigenvalue weighted by atomic mass is 16.5. The van der Waals surface area contributed by atoms with Gasteiger partial charge in [0.1, 0.15) is 23.9 Å². The van der Waals surface area contributed by atoms with Gasteiger partial charge in [-0.05, 0) is 66.3 Å². The first kappa shape index (κ1) is 22.2. The van der Waals surface area contributed by atoms with Gasteiger partial charge >= 0.3 is 0 Å². The summed E-state index contributed by atoms with van der Waals surface area (Å²) in [5, 5.41) is 12.1. The fraction of sp³-hybridized carbons (Fsp3) is 0.138. The van der Waals surface area contributed by atoms with Gasteiger partial charge in [-0.1, -0.05) is 54.6 Å². The van der Waals surface area contributed by atoms with E-state index < -0.39 is 0 Å². The van der Waals surface area contributed by atoms with E-state index >= 15 is 0 Å². The second kappa shape index (κ2) is 9.61. The van der Waals surface area contributed by atoms with Crippen molar-refractivity contribution >= 4 is 22.6 Å². The summed E-state index contributed by atoms with van der Waals surface area (Å²) in [7, 11) is 1.62. The number of rotatable bonds is 7. The number of carbonyl (C=O) groups excluding carboxylic acids is 1. The largest absolute Gasteiger partial charge is 0.507 e. The maximum atomic E-state index is 12.8. The van der Waals surface area contributed by atoms with Crippen LogP contribution in [-0.4, -0.2) is 18.0 Å². The molecule has 0 aromatic heterocycles. The molecule has 4 heteroatoms. The summed E-state index contributed by atoms with van der Waals surface area (Å²) in [6.07, 6.45) is 3.21. The van der Waals surface area contributed by atoms with Crippen LogP contribution in [0.3, 0.4) is 0 Å². The van der Waals surface area contributed by atoms with Crippen molar-refractivity contribution < 1.29 is 19.4 Å². The summed E-state index contributed by atoms with van der Waals surface area (Å²) in [5.41, 5.74) is 4.27. The number of ether oxygens (including phenoxy) is 2. The van der Waals surface area contributed by atoms with Crippen LogP contribution in [0.2, 0.25) is 0 Å². The zero-order valence-corrected chi connectivity index (χ0v) is 19.0. The SMILES string of the molecule is COc1ccc(C=CC(=O)c2ccc3ccccc3c2O)cc1COc1cccc(C)c1C. The van der Waals surface area contributed by atoms with E-state index in [4.69, 9.17) is 9.47 Å². The molecular weight excluding hydrogens is 412 g/mol. The van der Waals surface area contributed by atoms with Crippen molar-refractivity contribution in [3.63, 3.8) is 0 Å². The van der Waals surface area contributed by atoms with Crippen LogP contribution in [0.15, 0.2) is 78.9 Å². The molecule has 0 aliphatic heterocycles. The van der Waals surface area contributed by atoms with Gasteiger partial charge in [-0.2, -0.15) is 0 Å². The van der Waals surface area contributed by atoms with E-state index in [0.717, 1.165) is 33.6 Å². The van der Waals surface area contributed by atoms with Crippen LogP contribution in [0, 0.1) is 13.8 Å². The highest BCUT2D eigenvalue weighted by Crippen LogP contribution is 2.30. The third-order valence-electron chi connectivity index (χ3n) is 5.84. The Morgan fingerprint density at radius 1 is 0.939 bits per heavy atom. The quantitative estimate of drug-likeness (QED) is 0.259. The zero-order valence-electron chi connectivity index (χ0n) is 19.0. The lowest BCUT2D eigenvalue weighted by Gasteiger charge is -2.13. The number of phenolic OH excluding ortho intramolecular Hbond substituents is 1. The van der Waals surface area contributed by atoms with E-state index in [1.165, 1.54) is 11.6 Å². The molecule has 0 bridgehead atoms. The number of phenols is 1. The molecule has 0 saturated heterocycles. The number of ketones is 1. The number of allylic oxidation sites excluding steroid dienone is 1. The van der Waals surface area contributed by atoms with Crippen LogP contribution in [0.25, 0.3) is 16.8 Å². The first-order chi connectivity index (χ1) is 16.0. The number of aryl methyl sites for hydroxylation is 1. The predicted octanol–water partition coefficient (Wildman–Crippen LogP) is 6.65. The molecule has 0 heterocycles. The smallest absolute Gasteiger partial charge is 0.189 e. The molecule has 0 atom stereocenters. The number of aromatic hydroxyl groups is 1. The van der Waals surface area contributed by atoms with Gasteiger partial charge in [0.25, 0.3) is 0 Å². The average Bonchev–Trinajstić information content (AvgIpc) is 2.84. The Morgan fingerprint density at radius 2 is 1.76 bits per heavy atom. The summed E-state index contributed by atoms with van der Waals surface area (Å²) >= 11 is 0. The number of fused-ring (bicyclic) bond motifs is 1. The van der Waals surface area contributed by atoms with Crippen LogP contribution in [0.1, 0.15) is 32.6 Å². The minimum atomic E-state index is -0.262. The summed E-state index contributed by atoms with van der Waals surface area (Å²) in [6.45, 7) is 4.43. The fourth-order valence-electron chi connectivity index (χ4n) is 3.77. The van der Waals surface area contributed by atoms with Gasteiger partial charge in [0.05, 0.1) is 12.7 Å². The van der Waals surface area contributed by atoms with Crippen LogP contribution in [-0.2, 0) is 6.61 Å². The van der Waals surface area contributed by atoms with Crippen molar-refractivity contribution in [1.29, 1.82) is 0 Å². The Morgan fingerprint density at radius 3 is 2.58 bits per heavy atom. The minimum Gasteiger partial charge on any atom is -0.507 e. The normalized spacial score (nSPS) is 11.1. The molecule has 0 amide bonds. The lowest BCUT2D eigenvalue weighted by atomic mass is 10.0. The maximum Gasteiger partial charge on any atom is 0.189 e. The van der Waals surface area contributed by atoms with Gasteiger partial charge < -0.3 is 14.6 Å². The molecule has 1 N–H and O–H groups in total. The Hall–Kier alpha value is -4.05. The molecule has 0 unspecified atom stereocenters. The molecule has 0 aliphatic carbocycles. The third-order valence-corrected chi connectivity index (χ3v) is 5.84. The fourth-order valence-corrected chi connectivity index (χ4v) is 3.77. The van der Waals surface area contributed by atoms with E-state index in [-0.39, 0.29) is 17.1 Å². The molecule has 4 aromatic carbocycles. The van der Waals surface area contributed by atoms with Crippen molar-refractivity contribution in [2.75, 3.05) is 7.11 Å². The average molecular weight is 439 g/mol. The molecule has 4 aromatic rings. The van der Waals surface area contributed by atoms with Crippen LogP contribution in [0.4, 0.5) is 0 Å². The van der Waals surface area contributed by atoms with Gasteiger partial charge in [-0.3, -0.25) is 4.79 Å². The number of hydrogen-bond acceptors (Lipinski definition) is 4. The lowest BCUT2D eigenvalue weighted by Crippen LogP contribution is -2.01. The Bertz CT molecular complexity index is 1350. The van der Waals surface area contributed by atoms with E-state index in [0.29, 0.717) is 12.0 Å². The van der Waals surface area contributed by atoms with E-state index in [2.05, 4.69) is 13.0 Å². The molecule has 166 valence electrons. The number of benzene rings is 4. The van der Waals surface area contributed by atoms with Crippen molar-refractivity contribution in [2.24, 2.45) is 0 Å². The standard InChI is InChI=1S/C29H26O4/c1-19-7-6-10-27(20(19)2)33-18-23-17-21(12-16-28(23)32-3)11-15-26(30)25-14-13-22-8-4-5-9-24(22)29(25)31/h4-17,31H,18H2,1-3H3. The van der Waals surface area contributed by atoms with Crippen LogP contribution in [0.5, 0.6) is 17.2 Å². The Labute approximate surface area is 193 Å². The van der Waals surface area contributed by atoms with Crippen molar-refractivity contribution in [3.05, 3.63) is 107 Å². The molecule has 0 aliphatic rings. The van der Waals surface area contributed by atoms with Gasteiger partial charge in [-0.25, -0.2) is 0 Å². The van der Waals surface area contributed by atoms with E-state index in [1.54, 1.807) is 25.3 Å². The van der Waals surface area contributed by atoms with Gasteiger partial charge in [-0.15, -0.1) is 0 Å². The number of carbonyl (C=O) groups is 1. The summed E-state index contributed by atoms with van der Waals surface area (Å²) in [6, 6.07) is 22.6. The molecule has 0 spiro atoms. The summed E-state index contributed by atoms with van der Waals surface area (Å²) in [4.78, 5) is 12.8. The summed E-state index contributed by atoms with van der Waals surface area (Å²) in [5.74, 6) is 1.29. The second-order valence-corrected chi connectivity index (χ2v) is 7.94. The highest BCUT2D eigenvalue weighted by molar-refractivity contribution is 6.11. The molecule has 0 fully saturated rings. The molecular formula is C29H26O4. The molecule has 33 heavy (non-hydrogen) atoms. The highest BCUT2D eigenvalue weighted by Gasteiger charge is 2.12. The molecule has 0 radical (unpaired) electrons. The first-order valence-electron chi connectivity index (χ1n) is 10.8. The second-order valence-electron chi connectivity index (χ2n) is 7.94. The number of hydrogen-bond donors (Lipinski definition) is 1. The van der Waals surface area contributed by atoms with Gasteiger partial charge in [0.15, 0.2) is 5.78 Å². The monoisotopic (exact) mass is 438 g/mol. The van der Waals surface area contributed by atoms with Crippen molar-refractivity contribution in [1.82, 2.24) is 0 Å². The summed E-state index contributed by atoms with van der Waals surface area (Å²) < 4.78 is 11.5. The van der Waals surface area contributed by atoms with E-state index in [1.807, 2.05) is 61.5 Å². The Kier molecular flexibility index (Phi) is 6.45. The minimum absolute atomic E-state index is 0.0000873. The predicted molar refractivity (Wildman–Crippen MR) is 132 cm³/mol. The maximum absolute atomic E-state index is 12.8. The van der Waals surface area contributed by atoms with E-state index in [9.17, 15) is 9.90 Å². The topological polar surface area (TPSA) is 55.8 Å². The van der Waals surface area contributed by atoms with Crippen LogP contribution < -0.4 is 9.47 Å². The molecule has 4 nitrogen and oxygen atoms in total. The first-order valence-corrected chi connectivity index (χ1v) is 10.8. The van der Waals surface area contributed by atoms with Crippen molar-refractivity contribution in [2.45, 2.75) is 20.5 Å². The molecule has 0 saturated carbocycles.